The highest BCUT2D eigenvalue weighted by atomic mass is 32.1. The Bertz CT molecular complexity index is 545. The van der Waals surface area contributed by atoms with Gasteiger partial charge in [0.15, 0.2) is 0 Å². The summed E-state index contributed by atoms with van der Waals surface area (Å²) in [5.74, 6) is 6.32. The molecule has 0 aromatic carbocycles. The van der Waals surface area contributed by atoms with Gasteiger partial charge in [-0.15, -0.1) is 11.3 Å². The Morgan fingerprint density at radius 2 is 2.47 bits per heavy atom. The third-order valence-corrected chi connectivity index (χ3v) is 5.04. The number of aryl methyl sites for hydroxylation is 2. The van der Waals surface area contributed by atoms with E-state index in [-0.39, 0.29) is 6.04 Å². The van der Waals surface area contributed by atoms with E-state index in [0.29, 0.717) is 5.92 Å². The first-order valence-corrected chi connectivity index (χ1v) is 7.77. The zero-order valence-electron chi connectivity index (χ0n) is 11.2. The molecule has 0 radical (unpaired) electrons. The zero-order valence-corrected chi connectivity index (χ0v) is 12.0. The smallest absolute Gasteiger partial charge is 0.0697 e. The standard InChI is InChI=1S/C14H20N4S/c1-2-18-12(6-8-16-18)14(17-15)11-4-3-5-13-10(11)7-9-19-13/h6-9,11,14,17H,2-5,15H2,1H3. The molecule has 0 saturated heterocycles. The molecule has 0 amide bonds. The van der Waals surface area contributed by atoms with Crippen LogP contribution in [0, 0.1) is 0 Å². The molecule has 0 bridgehead atoms. The lowest BCUT2D eigenvalue weighted by Gasteiger charge is -2.30. The molecule has 1 aliphatic rings. The van der Waals surface area contributed by atoms with Crippen LogP contribution in [0.5, 0.6) is 0 Å². The molecule has 0 aliphatic heterocycles. The van der Waals surface area contributed by atoms with Gasteiger partial charge in [-0.1, -0.05) is 0 Å². The largest absolute Gasteiger partial charge is 0.271 e. The molecule has 2 aromatic heterocycles. The second-order valence-corrected chi connectivity index (χ2v) is 6.01. The van der Waals surface area contributed by atoms with E-state index in [0.717, 1.165) is 6.54 Å². The van der Waals surface area contributed by atoms with E-state index >= 15 is 0 Å². The lowest BCUT2D eigenvalue weighted by Crippen LogP contribution is -2.35. The molecule has 4 nitrogen and oxygen atoms in total. The summed E-state index contributed by atoms with van der Waals surface area (Å²) in [6, 6.07) is 4.49. The van der Waals surface area contributed by atoms with Crippen molar-refractivity contribution in [3.05, 3.63) is 39.8 Å². The van der Waals surface area contributed by atoms with Crippen LogP contribution in [0.4, 0.5) is 0 Å². The van der Waals surface area contributed by atoms with Gasteiger partial charge in [-0.2, -0.15) is 5.10 Å². The van der Waals surface area contributed by atoms with Crippen LogP contribution in [0.1, 0.15) is 47.9 Å². The fourth-order valence-corrected chi connectivity index (χ4v) is 4.14. The number of fused-ring (bicyclic) bond motifs is 1. The number of aromatic nitrogens is 2. The average Bonchev–Trinajstić information content (AvgIpc) is 3.08. The van der Waals surface area contributed by atoms with Crippen LogP contribution in [0.15, 0.2) is 23.7 Å². The van der Waals surface area contributed by atoms with Crippen molar-refractivity contribution in [1.29, 1.82) is 0 Å². The van der Waals surface area contributed by atoms with Gasteiger partial charge in [0.05, 0.1) is 11.7 Å². The number of thiophene rings is 1. The maximum absolute atomic E-state index is 5.86. The van der Waals surface area contributed by atoms with Gasteiger partial charge in [-0.25, -0.2) is 0 Å². The molecule has 2 atom stereocenters. The maximum Gasteiger partial charge on any atom is 0.0697 e. The first-order chi connectivity index (χ1) is 9.35. The van der Waals surface area contributed by atoms with Crippen molar-refractivity contribution in [2.75, 3.05) is 0 Å². The van der Waals surface area contributed by atoms with Crippen LogP contribution in [0.2, 0.25) is 0 Å². The summed E-state index contributed by atoms with van der Waals surface area (Å²) in [5, 5.41) is 6.57. The molecule has 0 spiro atoms. The monoisotopic (exact) mass is 276 g/mol. The normalized spacial score (nSPS) is 20.2. The highest BCUT2D eigenvalue weighted by Gasteiger charge is 2.30. The molecular weight excluding hydrogens is 256 g/mol. The van der Waals surface area contributed by atoms with Gasteiger partial charge in [0.1, 0.15) is 0 Å². The second kappa shape index (κ2) is 5.45. The Morgan fingerprint density at radius 3 is 3.26 bits per heavy atom. The summed E-state index contributed by atoms with van der Waals surface area (Å²) < 4.78 is 2.03. The minimum atomic E-state index is 0.149. The van der Waals surface area contributed by atoms with Gasteiger partial charge in [0.25, 0.3) is 0 Å². The van der Waals surface area contributed by atoms with Gasteiger partial charge < -0.3 is 0 Å². The quantitative estimate of drug-likeness (QED) is 0.666. The molecule has 3 N–H and O–H groups in total. The fraction of sp³-hybridized carbons (Fsp3) is 0.500. The summed E-state index contributed by atoms with van der Waals surface area (Å²) in [6.45, 7) is 2.99. The molecule has 0 saturated carbocycles. The molecular formula is C14H20N4S. The van der Waals surface area contributed by atoms with Crippen molar-refractivity contribution in [3.63, 3.8) is 0 Å². The Kier molecular flexibility index (Phi) is 3.68. The molecule has 5 heteroatoms. The fourth-order valence-electron chi connectivity index (χ4n) is 3.15. The van der Waals surface area contributed by atoms with Gasteiger partial charge in [-0.3, -0.25) is 16.0 Å². The van der Waals surface area contributed by atoms with Gasteiger partial charge >= 0.3 is 0 Å². The Labute approximate surface area is 117 Å². The second-order valence-electron chi connectivity index (χ2n) is 5.01. The molecule has 3 rings (SSSR count). The number of hydrogen-bond acceptors (Lipinski definition) is 4. The summed E-state index contributed by atoms with van der Waals surface area (Å²) >= 11 is 1.87. The molecule has 102 valence electrons. The lowest BCUT2D eigenvalue weighted by atomic mass is 9.81. The Balaban J connectivity index is 1.96. The van der Waals surface area contributed by atoms with Crippen molar-refractivity contribution in [3.8, 4) is 0 Å². The van der Waals surface area contributed by atoms with Crippen molar-refractivity contribution < 1.29 is 0 Å². The van der Waals surface area contributed by atoms with Crippen LogP contribution in [0.25, 0.3) is 0 Å². The van der Waals surface area contributed by atoms with E-state index in [4.69, 9.17) is 5.84 Å². The lowest BCUT2D eigenvalue weighted by molar-refractivity contribution is 0.386. The Hall–Kier alpha value is -1.17. The predicted molar refractivity (Wildman–Crippen MR) is 78.0 cm³/mol. The third-order valence-electron chi connectivity index (χ3n) is 4.05. The topological polar surface area (TPSA) is 55.9 Å². The van der Waals surface area contributed by atoms with Gasteiger partial charge in [-0.05, 0) is 49.3 Å². The minimum Gasteiger partial charge on any atom is -0.271 e. The number of nitrogens with two attached hydrogens (primary N) is 1. The van der Waals surface area contributed by atoms with Crippen LogP contribution in [0.3, 0.4) is 0 Å². The number of rotatable bonds is 4. The average molecular weight is 276 g/mol. The van der Waals surface area contributed by atoms with Crippen molar-refractivity contribution in [2.24, 2.45) is 5.84 Å². The summed E-state index contributed by atoms with van der Waals surface area (Å²) in [6.07, 6.45) is 5.51. The highest BCUT2D eigenvalue weighted by Crippen LogP contribution is 2.41. The van der Waals surface area contributed by atoms with Crippen LogP contribution in [-0.4, -0.2) is 9.78 Å². The summed E-state index contributed by atoms with van der Waals surface area (Å²) in [4.78, 5) is 1.53. The van der Waals surface area contributed by atoms with Crippen molar-refractivity contribution >= 4 is 11.3 Å². The number of nitrogens with zero attached hydrogens (tertiary/aromatic N) is 2. The molecule has 19 heavy (non-hydrogen) atoms. The molecule has 2 heterocycles. The molecule has 1 aliphatic carbocycles. The first-order valence-electron chi connectivity index (χ1n) is 6.89. The minimum absolute atomic E-state index is 0.149. The molecule has 2 unspecified atom stereocenters. The molecule has 2 aromatic rings. The first kappa shape index (κ1) is 12.8. The zero-order chi connectivity index (χ0) is 13.2. The van der Waals surface area contributed by atoms with Crippen LogP contribution >= 0.6 is 11.3 Å². The Morgan fingerprint density at radius 1 is 1.58 bits per heavy atom. The van der Waals surface area contributed by atoms with E-state index in [1.165, 1.54) is 35.4 Å². The molecule has 0 fully saturated rings. The van der Waals surface area contributed by atoms with E-state index < -0.39 is 0 Å². The maximum atomic E-state index is 5.86. The number of hydrazine groups is 1. The van der Waals surface area contributed by atoms with Gasteiger partial charge in [0.2, 0.25) is 0 Å². The van der Waals surface area contributed by atoms with E-state index in [1.807, 2.05) is 22.2 Å². The predicted octanol–water partition coefficient (Wildman–Crippen LogP) is 2.59. The van der Waals surface area contributed by atoms with E-state index in [1.54, 1.807) is 0 Å². The van der Waals surface area contributed by atoms with E-state index in [9.17, 15) is 0 Å². The van der Waals surface area contributed by atoms with Crippen molar-refractivity contribution in [2.45, 2.75) is 44.7 Å². The SMILES string of the molecule is CCn1nccc1C(NN)C1CCCc2sccc21. The highest BCUT2D eigenvalue weighted by molar-refractivity contribution is 7.10. The summed E-state index contributed by atoms with van der Waals surface area (Å²) in [7, 11) is 0. The third kappa shape index (κ3) is 2.22. The van der Waals surface area contributed by atoms with Gasteiger partial charge in [0, 0.05) is 23.5 Å². The summed E-state index contributed by atoms with van der Waals surface area (Å²) in [5.41, 5.74) is 5.69. The van der Waals surface area contributed by atoms with E-state index in [2.05, 4.69) is 35.0 Å². The number of nitrogens with one attached hydrogen (secondary N) is 1. The van der Waals surface area contributed by atoms with Crippen LogP contribution in [-0.2, 0) is 13.0 Å². The number of hydrogen-bond donors (Lipinski definition) is 2. The van der Waals surface area contributed by atoms with Crippen LogP contribution < -0.4 is 11.3 Å². The van der Waals surface area contributed by atoms with Crippen molar-refractivity contribution in [1.82, 2.24) is 15.2 Å².